The maximum Gasteiger partial charge on any atom is 0.324 e. The van der Waals surface area contributed by atoms with Crippen LogP contribution in [0.5, 0.6) is 0 Å². The van der Waals surface area contributed by atoms with Gasteiger partial charge in [-0.15, -0.1) is 0 Å². The lowest BCUT2D eigenvalue weighted by Crippen LogP contribution is -2.26. The largest absolute Gasteiger partial charge is 0.371 e. The summed E-state index contributed by atoms with van der Waals surface area (Å²) in [6.07, 6.45) is 1.17. The quantitative estimate of drug-likeness (QED) is 0.592. The molecule has 0 aliphatic carbocycles. The zero-order chi connectivity index (χ0) is 16.2. The van der Waals surface area contributed by atoms with Crippen LogP contribution in [0.25, 0.3) is 0 Å². The van der Waals surface area contributed by atoms with Gasteiger partial charge >= 0.3 is 5.00 Å². The maximum absolute atomic E-state index is 10.7. The Hall–Kier alpha value is -1.44. The summed E-state index contributed by atoms with van der Waals surface area (Å²) in [5.41, 5.74) is 2.25. The zero-order valence-electron chi connectivity index (χ0n) is 12.6. The van der Waals surface area contributed by atoms with E-state index in [0.29, 0.717) is 12.5 Å². The maximum atomic E-state index is 10.7. The van der Waals surface area contributed by atoms with Crippen molar-refractivity contribution >= 4 is 38.0 Å². The van der Waals surface area contributed by atoms with Crippen LogP contribution in [-0.4, -0.2) is 24.6 Å². The lowest BCUT2D eigenvalue weighted by atomic mass is 10.1. The van der Waals surface area contributed by atoms with Gasteiger partial charge in [0.25, 0.3) is 0 Å². The minimum absolute atomic E-state index is 0.212. The van der Waals surface area contributed by atoms with Crippen molar-refractivity contribution in [1.82, 2.24) is 5.32 Å². The molecule has 5 nitrogen and oxygen atoms in total. The lowest BCUT2D eigenvalue weighted by Gasteiger charge is -2.19. The molecule has 1 aliphatic heterocycles. The molecule has 23 heavy (non-hydrogen) atoms. The highest BCUT2D eigenvalue weighted by atomic mass is 79.9. The minimum atomic E-state index is -0.332. The van der Waals surface area contributed by atoms with Crippen LogP contribution in [0.2, 0.25) is 0 Å². The van der Waals surface area contributed by atoms with Crippen LogP contribution in [0.15, 0.2) is 40.2 Å². The van der Waals surface area contributed by atoms with E-state index in [-0.39, 0.29) is 9.92 Å². The fourth-order valence-electron chi connectivity index (χ4n) is 2.88. The van der Waals surface area contributed by atoms with E-state index in [4.69, 9.17) is 0 Å². The summed E-state index contributed by atoms with van der Waals surface area (Å²) in [6.45, 7) is 3.76. The molecule has 0 amide bonds. The highest BCUT2D eigenvalue weighted by Gasteiger charge is 2.22. The van der Waals surface area contributed by atoms with Crippen LogP contribution in [0, 0.1) is 16.0 Å². The van der Waals surface area contributed by atoms with Gasteiger partial charge in [-0.3, -0.25) is 10.1 Å². The summed E-state index contributed by atoms with van der Waals surface area (Å²) in [5.74, 6) is 0.614. The summed E-state index contributed by atoms with van der Waals surface area (Å²) in [5, 5.41) is 16.2. The monoisotopic (exact) mass is 395 g/mol. The molecule has 1 N–H and O–H groups in total. The average Bonchev–Trinajstić information content (AvgIpc) is 3.17. The van der Waals surface area contributed by atoms with Crippen LogP contribution in [0.3, 0.4) is 0 Å². The minimum Gasteiger partial charge on any atom is -0.371 e. The number of nitro groups is 1. The second-order valence-corrected chi connectivity index (χ2v) is 7.57. The number of anilines is 1. The molecule has 1 fully saturated rings. The molecule has 0 spiro atoms. The first kappa shape index (κ1) is 16.4. The Labute approximate surface area is 147 Å². The Kier molecular flexibility index (Phi) is 5.30. The van der Waals surface area contributed by atoms with Crippen molar-refractivity contribution in [3.8, 4) is 0 Å². The highest BCUT2D eigenvalue weighted by molar-refractivity contribution is 9.10. The highest BCUT2D eigenvalue weighted by Crippen LogP contribution is 2.26. The average molecular weight is 396 g/mol. The van der Waals surface area contributed by atoms with Crippen molar-refractivity contribution in [2.24, 2.45) is 5.92 Å². The van der Waals surface area contributed by atoms with Gasteiger partial charge in [0, 0.05) is 47.8 Å². The number of nitrogens with zero attached hydrogens (tertiary/aromatic N) is 2. The van der Waals surface area contributed by atoms with Crippen molar-refractivity contribution in [2.75, 3.05) is 24.5 Å². The molecule has 0 radical (unpaired) electrons. The molecule has 2 heterocycles. The van der Waals surface area contributed by atoms with Gasteiger partial charge in [0.05, 0.1) is 4.92 Å². The number of rotatable bonds is 6. The predicted molar refractivity (Wildman–Crippen MR) is 97.1 cm³/mol. The molecular weight excluding hydrogens is 378 g/mol. The second-order valence-electron chi connectivity index (χ2n) is 5.76. The Morgan fingerprint density at radius 3 is 3.04 bits per heavy atom. The van der Waals surface area contributed by atoms with Crippen molar-refractivity contribution in [1.29, 1.82) is 0 Å². The first-order valence-corrected chi connectivity index (χ1v) is 9.22. The first-order chi connectivity index (χ1) is 11.1. The second kappa shape index (κ2) is 7.42. The number of benzene rings is 1. The van der Waals surface area contributed by atoms with Crippen molar-refractivity contribution in [3.05, 3.63) is 55.9 Å². The molecule has 122 valence electrons. The molecule has 3 rings (SSSR count). The molecule has 1 atom stereocenters. The van der Waals surface area contributed by atoms with Gasteiger partial charge in [0.15, 0.2) is 0 Å². The van der Waals surface area contributed by atoms with Crippen LogP contribution >= 0.6 is 27.3 Å². The number of hydrogen-bond acceptors (Lipinski definition) is 5. The van der Waals surface area contributed by atoms with Gasteiger partial charge < -0.3 is 10.2 Å². The standard InChI is InChI=1S/C16H18BrN3O2S/c17-14-2-1-3-15(7-14)19-5-4-12(10-19)8-18-9-13-6-16(20(21)22)23-11-13/h1-3,6-7,11-12,18H,4-5,8-10H2. The van der Waals surface area contributed by atoms with Gasteiger partial charge in [-0.1, -0.05) is 33.3 Å². The number of hydrogen-bond donors (Lipinski definition) is 1. The Bertz CT molecular complexity index is 691. The van der Waals surface area contributed by atoms with Crippen molar-refractivity contribution in [2.45, 2.75) is 13.0 Å². The van der Waals surface area contributed by atoms with Crippen molar-refractivity contribution < 1.29 is 4.92 Å². The van der Waals surface area contributed by atoms with Gasteiger partial charge in [0.1, 0.15) is 0 Å². The molecule has 1 saturated heterocycles. The topological polar surface area (TPSA) is 58.4 Å². The smallest absolute Gasteiger partial charge is 0.324 e. The molecule has 1 unspecified atom stereocenters. The fraction of sp³-hybridized carbons (Fsp3) is 0.375. The summed E-state index contributed by atoms with van der Waals surface area (Å²) in [7, 11) is 0. The molecule has 2 aromatic rings. The molecule has 7 heteroatoms. The third kappa shape index (κ3) is 4.31. The van der Waals surface area contributed by atoms with E-state index >= 15 is 0 Å². The van der Waals surface area contributed by atoms with Crippen LogP contribution in [0.1, 0.15) is 12.0 Å². The first-order valence-electron chi connectivity index (χ1n) is 7.55. The van der Waals surface area contributed by atoms with E-state index in [1.807, 2.05) is 11.4 Å². The van der Waals surface area contributed by atoms with E-state index in [1.165, 1.54) is 23.4 Å². The zero-order valence-corrected chi connectivity index (χ0v) is 15.0. The number of thiophene rings is 1. The van der Waals surface area contributed by atoms with Gasteiger partial charge in [0.2, 0.25) is 0 Å². The van der Waals surface area contributed by atoms with E-state index in [2.05, 4.69) is 44.3 Å². The van der Waals surface area contributed by atoms with E-state index in [0.717, 1.165) is 29.7 Å². The van der Waals surface area contributed by atoms with Crippen LogP contribution < -0.4 is 10.2 Å². The molecule has 1 aromatic heterocycles. The summed E-state index contributed by atoms with van der Waals surface area (Å²) in [6, 6.07) is 10.1. The van der Waals surface area contributed by atoms with Gasteiger partial charge in [-0.2, -0.15) is 0 Å². The third-order valence-corrected chi connectivity index (χ3v) is 5.46. The summed E-state index contributed by atoms with van der Waals surface area (Å²) >= 11 is 4.71. The van der Waals surface area contributed by atoms with Crippen LogP contribution in [0.4, 0.5) is 10.7 Å². The number of halogens is 1. The van der Waals surface area contributed by atoms with Gasteiger partial charge in [-0.05, 0) is 36.1 Å². The van der Waals surface area contributed by atoms with E-state index in [9.17, 15) is 10.1 Å². The van der Waals surface area contributed by atoms with Crippen LogP contribution in [-0.2, 0) is 6.54 Å². The fourth-order valence-corrected chi connectivity index (χ4v) is 3.99. The molecular formula is C16H18BrN3O2S. The van der Waals surface area contributed by atoms with Gasteiger partial charge in [-0.25, -0.2) is 0 Å². The predicted octanol–water partition coefficient (Wildman–Crippen LogP) is 4.03. The Morgan fingerprint density at radius 1 is 1.43 bits per heavy atom. The SMILES string of the molecule is O=[N+]([O-])c1cc(CNCC2CCN(c3cccc(Br)c3)C2)cs1. The summed E-state index contributed by atoms with van der Waals surface area (Å²) < 4.78 is 1.11. The summed E-state index contributed by atoms with van der Waals surface area (Å²) in [4.78, 5) is 12.8. The van der Waals surface area contributed by atoms with E-state index in [1.54, 1.807) is 6.07 Å². The van der Waals surface area contributed by atoms with E-state index < -0.39 is 0 Å². The molecule has 1 aliphatic rings. The molecule has 0 bridgehead atoms. The Morgan fingerprint density at radius 2 is 2.30 bits per heavy atom. The number of nitrogens with one attached hydrogen (secondary N) is 1. The van der Waals surface area contributed by atoms with Crippen molar-refractivity contribution in [3.63, 3.8) is 0 Å². The normalized spacial score (nSPS) is 17.6. The molecule has 0 saturated carbocycles. The Balaban J connectivity index is 1.46. The third-order valence-electron chi connectivity index (χ3n) is 4.04. The lowest BCUT2D eigenvalue weighted by molar-refractivity contribution is -0.380. The molecule has 1 aromatic carbocycles.